The van der Waals surface area contributed by atoms with Crippen molar-refractivity contribution in [3.8, 4) is 6.01 Å². The fourth-order valence-electron chi connectivity index (χ4n) is 0.469. The summed E-state index contributed by atoms with van der Waals surface area (Å²) in [5, 5.41) is 2.56. The van der Waals surface area contributed by atoms with Crippen molar-refractivity contribution in [1.29, 1.82) is 0 Å². The molecule has 0 unspecified atom stereocenters. The first-order chi connectivity index (χ1) is 4.24. The van der Waals surface area contributed by atoms with Crippen molar-refractivity contribution in [2.75, 3.05) is 7.11 Å². The maximum atomic E-state index is 10.5. The standard InChI is InChI=1S/C4H7N3O2/c1-7-4(8)5-3(6-7)9-2/h1-2H3,(H,5,6,8). The summed E-state index contributed by atoms with van der Waals surface area (Å²) in [6.07, 6.45) is 0. The van der Waals surface area contributed by atoms with Gasteiger partial charge >= 0.3 is 11.7 Å². The van der Waals surface area contributed by atoms with Crippen LogP contribution in [0.1, 0.15) is 0 Å². The van der Waals surface area contributed by atoms with E-state index in [1.165, 1.54) is 11.8 Å². The van der Waals surface area contributed by atoms with Crippen molar-refractivity contribution in [3.63, 3.8) is 0 Å². The second kappa shape index (κ2) is 1.93. The number of aromatic nitrogens is 3. The highest BCUT2D eigenvalue weighted by molar-refractivity contribution is 4.85. The topological polar surface area (TPSA) is 59.9 Å². The molecule has 0 aliphatic heterocycles. The second-order valence-corrected chi connectivity index (χ2v) is 1.57. The summed E-state index contributed by atoms with van der Waals surface area (Å²) in [6.45, 7) is 0. The smallest absolute Gasteiger partial charge is 0.366 e. The van der Waals surface area contributed by atoms with E-state index in [9.17, 15) is 4.79 Å². The second-order valence-electron chi connectivity index (χ2n) is 1.57. The van der Waals surface area contributed by atoms with E-state index in [0.29, 0.717) is 0 Å². The first-order valence-electron chi connectivity index (χ1n) is 2.41. The third-order valence-electron chi connectivity index (χ3n) is 0.941. The van der Waals surface area contributed by atoms with Gasteiger partial charge in [-0.1, -0.05) is 0 Å². The molecule has 0 saturated carbocycles. The molecule has 5 heteroatoms. The summed E-state index contributed by atoms with van der Waals surface area (Å²) < 4.78 is 5.86. The lowest BCUT2D eigenvalue weighted by atomic mass is 11.1. The molecule has 1 rings (SSSR count). The lowest BCUT2D eigenvalue weighted by Crippen LogP contribution is -2.13. The molecule has 0 saturated heterocycles. The zero-order valence-electron chi connectivity index (χ0n) is 5.21. The minimum absolute atomic E-state index is 0.238. The van der Waals surface area contributed by atoms with Crippen LogP contribution in [-0.4, -0.2) is 21.9 Å². The van der Waals surface area contributed by atoms with Crippen LogP contribution in [-0.2, 0) is 7.05 Å². The van der Waals surface area contributed by atoms with Gasteiger partial charge in [0, 0.05) is 7.05 Å². The normalized spacial score (nSPS) is 9.56. The number of nitrogens with one attached hydrogen (secondary N) is 1. The molecule has 0 aliphatic carbocycles. The van der Waals surface area contributed by atoms with Gasteiger partial charge in [0.05, 0.1) is 7.11 Å². The van der Waals surface area contributed by atoms with Gasteiger partial charge in [-0.2, -0.15) is 0 Å². The molecule has 0 atom stereocenters. The minimum Gasteiger partial charge on any atom is -0.467 e. The Morgan fingerprint density at radius 3 is 2.67 bits per heavy atom. The molecular formula is C4H7N3O2. The number of H-pyrrole nitrogens is 1. The number of nitrogens with zero attached hydrogens (tertiary/aromatic N) is 2. The van der Waals surface area contributed by atoms with E-state index in [-0.39, 0.29) is 11.7 Å². The van der Waals surface area contributed by atoms with E-state index in [1.54, 1.807) is 7.05 Å². The molecule has 1 aromatic heterocycles. The van der Waals surface area contributed by atoms with Crippen LogP contribution in [0.3, 0.4) is 0 Å². The Balaban J connectivity index is 3.13. The Morgan fingerprint density at radius 2 is 2.44 bits per heavy atom. The molecule has 50 valence electrons. The maximum absolute atomic E-state index is 10.5. The maximum Gasteiger partial charge on any atom is 0.366 e. The third kappa shape index (κ3) is 0.933. The Hall–Kier alpha value is -1.26. The van der Waals surface area contributed by atoms with Gasteiger partial charge in [0.15, 0.2) is 0 Å². The van der Waals surface area contributed by atoms with Crippen molar-refractivity contribution < 1.29 is 4.74 Å². The van der Waals surface area contributed by atoms with Crippen LogP contribution >= 0.6 is 0 Å². The molecular weight excluding hydrogens is 122 g/mol. The summed E-state index contributed by atoms with van der Waals surface area (Å²) in [4.78, 5) is 14.0. The van der Waals surface area contributed by atoms with Crippen LogP contribution < -0.4 is 10.4 Å². The van der Waals surface area contributed by atoms with Gasteiger partial charge in [0.1, 0.15) is 0 Å². The van der Waals surface area contributed by atoms with Crippen LogP contribution in [0.15, 0.2) is 4.79 Å². The highest BCUT2D eigenvalue weighted by atomic mass is 16.5. The molecule has 0 bridgehead atoms. The lowest BCUT2D eigenvalue weighted by molar-refractivity contribution is 0.378. The number of ether oxygens (including phenoxy) is 1. The van der Waals surface area contributed by atoms with E-state index in [4.69, 9.17) is 0 Å². The van der Waals surface area contributed by atoms with Crippen LogP contribution in [0.4, 0.5) is 0 Å². The number of aryl methyl sites for hydroxylation is 1. The number of rotatable bonds is 1. The molecule has 5 nitrogen and oxygen atoms in total. The summed E-state index contributed by atoms with van der Waals surface area (Å²) in [6, 6.07) is 0.238. The van der Waals surface area contributed by atoms with Gasteiger partial charge in [-0.3, -0.25) is 0 Å². The predicted octanol–water partition coefficient (Wildman–Crippen LogP) is -0.883. The Morgan fingerprint density at radius 1 is 1.78 bits per heavy atom. The van der Waals surface area contributed by atoms with Gasteiger partial charge in [-0.25, -0.2) is 14.6 Å². The quantitative estimate of drug-likeness (QED) is 0.535. The monoisotopic (exact) mass is 129 g/mol. The summed E-state index contributed by atoms with van der Waals surface area (Å²) in [7, 11) is 3.01. The SMILES string of the molecule is COc1nc(=O)n(C)[nH]1. The molecule has 0 radical (unpaired) electrons. The van der Waals surface area contributed by atoms with Gasteiger partial charge < -0.3 is 4.74 Å². The van der Waals surface area contributed by atoms with Gasteiger partial charge in [0.25, 0.3) is 0 Å². The van der Waals surface area contributed by atoms with E-state index in [1.807, 2.05) is 0 Å². The molecule has 0 spiro atoms. The first kappa shape index (κ1) is 5.87. The molecule has 1 heterocycles. The molecule has 1 aromatic rings. The average molecular weight is 129 g/mol. The lowest BCUT2D eigenvalue weighted by Gasteiger charge is -1.87. The fourth-order valence-corrected chi connectivity index (χ4v) is 0.469. The Bertz CT molecular complexity index is 249. The van der Waals surface area contributed by atoms with Crippen LogP contribution in [0.25, 0.3) is 0 Å². The van der Waals surface area contributed by atoms with Crippen molar-refractivity contribution in [2.24, 2.45) is 7.05 Å². The zero-order chi connectivity index (χ0) is 6.85. The number of aromatic amines is 1. The molecule has 0 amide bonds. The first-order valence-corrected chi connectivity index (χ1v) is 2.41. The highest BCUT2D eigenvalue weighted by Gasteiger charge is 1.97. The summed E-state index contributed by atoms with van der Waals surface area (Å²) >= 11 is 0. The Kier molecular flexibility index (Phi) is 1.26. The Labute approximate surface area is 51.3 Å². The van der Waals surface area contributed by atoms with Gasteiger partial charge in [-0.15, -0.1) is 4.98 Å². The molecule has 0 fully saturated rings. The van der Waals surface area contributed by atoms with Crippen molar-refractivity contribution in [2.45, 2.75) is 0 Å². The molecule has 9 heavy (non-hydrogen) atoms. The van der Waals surface area contributed by atoms with Crippen LogP contribution in [0.5, 0.6) is 6.01 Å². The summed E-state index contributed by atoms with van der Waals surface area (Å²) in [5.74, 6) is 0. The van der Waals surface area contributed by atoms with E-state index in [0.717, 1.165) is 0 Å². The fraction of sp³-hybridized carbons (Fsp3) is 0.500. The largest absolute Gasteiger partial charge is 0.467 e. The predicted molar refractivity (Wildman–Crippen MR) is 30.4 cm³/mol. The van der Waals surface area contributed by atoms with Gasteiger partial charge in [0.2, 0.25) is 0 Å². The van der Waals surface area contributed by atoms with Crippen molar-refractivity contribution in [1.82, 2.24) is 14.8 Å². The minimum atomic E-state index is -0.341. The van der Waals surface area contributed by atoms with Crippen molar-refractivity contribution >= 4 is 0 Å². The van der Waals surface area contributed by atoms with Crippen LogP contribution in [0.2, 0.25) is 0 Å². The van der Waals surface area contributed by atoms with E-state index < -0.39 is 0 Å². The number of methoxy groups -OCH3 is 1. The molecule has 0 aliphatic rings. The van der Waals surface area contributed by atoms with Gasteiger partial charge in [-0.05, 0) is 0 Å². The van der Waals surface area contributed by atoms with Crippen LogP contribution in [0, 0.1) is 0 Å². The highest BCUT2D eigenvalue weighted by Crippen LogP contribution is 1.89. The zero-order valence-corrected chi connectivity index (χ0v) is 5.21. The summed E-state index contributed by atoms with van der Waals surface area (Å²) in [5.41, 5.74) is -0.341. The number of hydrogen-bond acceptors (Lipinski definition) is 3. The van der Waals surface area contributed by atoms with E-state index in [2.05, 4.69) is 14.8 Å². The third-order valence-corrected chi connectivity index (χ3v) is 0.941. The van der Waals surface area contributed by atoms with E-state index >= 15 is 0 Å². The van der Waals surface area contributed by atoms with Crippen molar-refractivity contribution in [3.05, 3.63) is 10.5 Å². The molecule has 0 aromatic carbocycles. The average Bonchev–Trinajstić information content (AvgIpc) is 2.13. The molecule has 1 N–H and O–H groups in total. The number of hydrogen-bond donors (Lipinski definition) is 1.